The van der Waals surface area contributed by atoms with E-state index < -0.39 is 5.60 Å². The van der Waals surface area contributed by atoms with Gasteiger partial charge in [0.25, 0.3) is 5.91 Å². The van der Waals surface area contributed by atoms with Gasteiger partial charge in [-0.1, -0.05) is 41.4 Å². The van der Waals surface area contributed by atoms with Crippen LogP contribution in [-0.4, -0.2) is 16.5 Å². The number of ether oxygens (including phenoxy) is 1. The maximum atomic E-state index is 12.6. The molecule has 0 aliphatic carbocycles. The molecule has 4 nitrogen and oxygen atoms in total. The molecule has 0 saturated carbocycles. The molecule has 3 rings (SSSR count). The van der Waals surface area contributed by atoms with E-state index in [2.05, 4.69) is 10.3 Å². The molecule has 0 atom stereocenters. The Kier molecular flexibility index (Phi) is 5.30. The maximum absolute atomic E-state index is 12.6. The first kappa shape index (κ1) is 18.4. The van der Waals surface area contributed by atoms with Crippen molar-refractivity contribution in [1.29, 1.82) is 0 Å². The molecule has 1 heterocycles. The summed E-state index contributed by atoms with van der Waals surface area (Å²) in [5.41, 5.74) is 1.99. The average molecular weight is 387 g/mol. The lowest BCUT2D eigenvalue weighted by Crippen LogP contribution is -2.42. The molecule has 1 aromatic heterocycles. The van der Waals surface area contributed by atoms with Crippen LogP contribution in [0.5, 0.6) is 5.75 Å². The number of hydrogen-bond acceptors (Lipinski definition) is 4. The zero-order chi connectivity index (χ0) is 18.7. The molecule has 1 amide bonds. The number of amides is 1. The Morgan fingerprint density at radius 3 is 2.42 bits per heavy atom. The lowest BCUT2D eigenvalue weighted by atomic mass is 10.1. The third-order valence-corrected chi connectivity index (χ3v) is 4.82. The summed E-state index contributed by atoms with van der Waals surface area (Å²) < 4.78 is 5.80. The second-order valence-electron chi connectivity index (χ2n) is 6.42. The highest BCUT2D eigenvalue weighted by atomic mass is 35.5. The predicted molar refractivity (Wildman–Crippen MR) is 107 cm³/mol. The van der Waals surface area contributed by atoms with Gasteiger partial charge in [0, 0.05) is 16.0 Å². The number of aryl methyl sites for hydroxylation is 1. The van der Waals surface area contributed by atoms with Gasteiger partial charge in [-0.2, -0.15) is 0 Å². The Hall–Kier alpha value is -2.37. The van der Waals surface area contributed by atoms with E-state index in [1.165, 1.54) is 16.9 Å². The van der Waals surface area contributed by atoms with Crippen molar-refractivity contribution in [2.24, 2.45) is 0 Å². The van der Waals surface area contributed by atoms with Crippen molar-refractivity contribution in [2.45, 2.75) is 26.4 Å². The van der Waals surface area contributed by atoms with E-state index >= 15 is 0 Å². The summed E-state index contributed by atoms with van der Waals surface area (Å²) in [7, 11) is 0. The van der Waals surface area contributed by atoms with Crippen LogP contribution in [0.3, 0.4) is 0 Å². The van der Waals surface area contributed by atoms with Gasteiger partial charge in [-0.25, -0.2) is 4.98 Å². The Morgan fingerprint density at radius 1 is 1.12 bits per heavy atom. The Bertz CT molecular complexity index is 902. The van der Waals surface area contributed by atoms with E-state index in [-0.39, 0.29) is 5.91 Å². The third-order valence-electron chi connectivity index (χ3n) is 3.81. The summed E-state index contributed by atoms with van der Waals surface area (Å²) >= 11 is 7.26. The minimum atomic E-state index is -1.05. The first-order chi connectivity index (χ1) is 12.3. The summed E-state index contributed by atoms with van der Waals surface area (Å²) in [4.78, 5) is 17.1. The molecule has 2 aromatic carbocycles. The van der Waals surface area contributed by atoms with Gasteiger partial charge in [0.15, 0.2) is 10.7 Å². The molecule has 0 aliphatic rings. The number of anilines is 1. The molecule has 6 heteroatoms. The van der Waals surface area contributed by atoms with Crippen LogP contribution in [0.15, 0.2) is 53.9 Å². The largest absolute Gasteiger partial charge is 0.478 e. The first-order valence-corrected chi connectivity index (χ1v) is 9.38. The molecule has 0 radical (unpaired) electrons. The van der Waals surface area contributed by atoms with E-state index in [0.29, 0.717) is 15.9 Å². The second kappa shape index (κ2) is 7.48. The normalized spacial score (nSPS) is 11.2. The van der Waals surface area contributed by atoms with Gasteiger partial charge in [0.1, 0.15) is 5.75 Å². The van der Waals surface area contributed by atoms with E-state index in [4.69, 9.17) is 16.3 Å². The van der Waals surface area contributed by atoms with Crippen LogP contribution >= 0.6 is 22.9 Å². The number of carbonyl (C=O) groups excluding carboxylic acids is 1. The lowest BCUT2D eigenvalue weighted by molar-refractivity contribution is -0.128. The molecule has 1 N–H and O–H groups in total. The number of nitrogens with zero attached hydrogens (tertiary/aromatic N) is 1. The SMILES string of the molecule is Cc1ccc(-c2csc(NC(=O)C(C)(C)Oc3ccc(Cl)cc3)n2)cc1. The molecular weight excluding hydrogens is 368 g/mol. The van der Waals surface area contributed by atoms with Crippen LogP contribution in [0.4, 0.5) is 5.13 Å². The third kappa shape index (κ3) is 4.42. The summed E-state index contributed by atoms with van der Waals surface area (Å²) in [6.07, 6.45) is 0. The predicted octanol–water partition coefficient (Wildman–Crippen LogP) is 5.57. The van der Waals surface area contributed by atoms with Crippen LogP contribution in [0, 0.1) is 6.92 Å². The van der Waals surface area contributed by atoms with Crippen LogP contribution < -0.4 is 10.1 Å². The molecule has 0 unspecified atom stereocenters. The van der Waals surface area contributed by atoms with Crippen molar-refractivity contribution >= 4 is 34.0 Å². The molecule has 0 bridgehead atoms. The van der Waals surface area contributed by atoms with E-state index in [1.54, 1.807) is 38.1 Å². The van der Waals surface area contributed by atoms with Crippen LogP contribution in [0.25, 0.3) is 11.3 Å². The zero-order valence-corrected chi connectivity index (χ0v) is 16.3. The van der Waals surface area contributed by atoms with Gasteiger partial charge >= 0.3 is 0 Å². The number of hydrogen-bond donors (Lipinski definition) is 1. The molecule has 3 aromatic rings. The smallest absolute Gasteiger partial charge is 0.269 e. The monoisotopic (exact) mass is 386 g/mol. The van der Waals surface area contributed by atoms with Crippen molar-refractivity contribution in [1.82, 2.24) is 4.98 Å². The quantitative estimate of drug-likeness (QED) is 0.623. The molecule has 0 saturated heterocycles. The first-order valence-electron chi connectivity index (χ1n) is 8.12. The molecule has 134 valence electrons. The molecule has 26 heavy (non-hydrogen) atoms. The van der Waals surface area contributed by atoms with Gasteiger partial charge in [0.05, 0.1) is 5.69 Å². The minimum absolute atomic E-state index is 0.266. The van der Waals surface area contributed by atoms with Crippen LogP contribution in [-0.2, 0) is 4.79 Å². The fourth-order valence-corrected chi connectivity index (χ4v) is 3.12. The van der Waals surface area contributed by atoms with Gasteiger partial charge in [-0.05, 0) is 45.0 Å². The fourth-order valence-electron chi connectivity index (χ4n) is 2.28. The molecule has 0 fully saturated rings. The summed E-state index contributed by atoms with van der Waals surface area (Å²) in [6.45, 7) is 5.47. The van der Waals surface area contributed by atoms with Gasteiger partial charge < -0.3 is 4.74 Å². The lowest BCUT2D eigenvalue weighted by Gasteiger charge is -2.24. The second-order valence-corrected chi connectivity index (χ2v) is 7.72. The highest BCUT2D eigenvalue weighted by Gasteiger charge is 2.30. The fraction of sp³-hybridized carbons (Fsp3) is 0.200. The van der Waals surface area contributed by atoms with Gasteiger partial charge in [-0.3, -0.25) is 10.1 Å². The van der Waals surface area contributed by atoms with Crippen molar-refractivity contribution in [3.05, 3.63) is 64.5 Å². The molecular formula is C20H19ClN2O2S. The van der Waals surface area contributed by atoms with E-state index in [0.717, 1.165) is 11.3 Å². The number of nitrogens with one attached hydrogen (secondary N) is 1. The Balaban J connectivity index is 1.69. The minimum Gasteiger partial charge on any atom is -0.478 e. The summed E-state index contributed by atoms with van der Waals surface area (Å²) in [5, 5.41) is 5.91. The van der Waals surface area contributed by atoms with Gasteiger partial charge in [-0.15, -0.1) is 11.3 Å². The highest BCUT2D eigenvalue weighted by Crippen LogP contribution is 2.27. The number of rotatable bonds is 5. The van der Waals surface area contributed by atoms with Crippen molar-refractivity contribution < 1.29 is 9.53 Å². The summed E-state index contributed by atoms with van der Waals surface area (Å²) in [6, 6.07) is 15.0. The zero-order valence-electron chi connectivity index (χ0n) is 14.7. The Labute approximate surface area is 161 Å². The number of aromatic nitrogens is 1. The van der Waals surface area contributed by atoms with Crippen molar-refractivity contribution in [3.63, 3.8) is 0 Å². The average Bonchev–Trinajstić information content (AvgIpc) is 3.06. The molecule has 0 aliphatic heterocycles. The summed E-state index contributed by atoms with van der Waals surface area (Å²) in [5.74, 6) is 0.311. The van der Waals surface area contributed by atoms with Crippen molar-refractivity contribution in [3.8, 4) is 17.0 Å². The molecule has 0 spiro atoms. The van der Waals surface area contributed by atoms with E-state index in [1.807, 2.05) is 36.6 Å². The standard InChI is InChI=1S/C20H19ClN2O2S/c1-13-4-6-14(7-5-13)17-12-26-19(22-17)23-18(24)20(2,3)25-16-10-8-15(21)9-11-16/h4-12H,1-3H3,(H,22,23,24). The van der Waals surface area contributed by atoms with Crippen LogP contribution in [0.2, 0.25) is 5.02 Å². The van der Waals surface area contributed by atoms with Crippen molar-refractivity contribution in [2.75, 3.05) is 5.32 Å². The Morgan fingerprint density at radius 2 is 1.77 bits per heavy atom. The number of carbonyl (C=O) groups is 1. The maximum Gasteiger partial charge on any atom is 0.269 e. The highest BCUT2D eigenvalue weighted by molar-refractivity contribution is 7.14. The number of halogens is 1. The number of thiazole rings is 1. The topological polar surface area (TPSA) is 51.2 Å². The van der Waals surface area contributed by atoms with Gasteiger partial charge in [0.2, 0.25) is 0 Å². The number of benzene rings is 2. The van der Waals surface area contributed by atoms with Crippen LogP contribution in [0.1, 0.15) is 19.4 Å². The van der Waals surface area contributed by atoms with E-state index in [9.17, 15) is 4.79 Å².